The molecule has 0 radical (unpaired) electrons. The Balaban J connectivity index is 1.40. The molecule has 3 N–H and O–H groups in total. The minimum Gasteiger partial charge on any atom is -0.485 e. The minimum absolute atomic E-state index is 0.273. The average Bonchev–Trinajstić information content (AvgIpc) is 3.35. The zero-order valence-corrected chi connectivity index (χ0v) is 22.9. The van der Waals surface area contributed by atoms with Crippen molar-refractivity contribution in [3.8, 4) is 11.6 Å². The Morgan fingerprint density at radius 1 is 1.23 bits per heavy atom. The van der Waals surface area contributed by atoms with Gasteiger partial charge in [-0.1, -0.05) is 12.1 Å². The van der Waals surface area contributed by atoms with Gasteiger partial charge in [-0.3, -0.25) is 9.32 Å². The summed E-state index contributed by atoms with van der Waals surface area (Å²) in [5.41, 5.74) is 0.517. The molecule has 2 aromatic heterocycles. The number of amides is 2. The van der Waals surface area contributed by atoms with Crippen LogP contribution in [0.3, 0.4) is 0 Å². The second-order valence-electron chi connectivity index (χ2n) is 9.60. The van der Waals surface area contributed by atoms with E-state index in [1.807, 2.05) is 0 Å². The lowest BCUT2D eigenvalue weighted by Gasteiger charge is -2.46. The number of piperidine rings is 1. The molecule has 40 heavy (non-hydrogen) atoms. The summed E-state index contributed by atoms with van der Waals surface area (Å²) in [4.78, 5) is 50.1. The van der Waals surface area contributed by atoms with Crippen LogP contribution in [0, 0.1) is 0 Å². The third kappa shape index (κ3) is 5.89. The highest BCUT2D eigenvalue weighted by atomic mass is 31.2. The Bertz CT molecular complexity index is 1460. The second-order valence-corrected chi connectivity index (χ2v) is 10.8. The van der Waals surface area contributed by atoms with Gasteiger partial charge in [0.2, 0.25) is 5.88 Å². The highest BCUT2D eigenvalue weighted by Gasteiger charge is 2.45. The second kappa shape index (κ2) is 11.0. The van der Waals surface area contributed by atoms with E-state index in [9.17, 15) is 14.2 Å². The molecule has 0 bridgehead atoms. The predicted molar refractivity (Wildman–Crippen MR) is 140 cm³/mol. The molecule has 1 fully saturated rings. The molecule has 2 aliphatic heterocycles. The smallest absolute Gasteiger partial charge is 0.471 e. The number of carbonyl (C=O) groups is 2. The summed E-state index contributed by atoms with van der Waals surface area (Å²) in [7, 11) is -3.19. The predicted octanol–water partition coefficient (Wildman–Crippen LogP) is 2.75. The van der Waals surface area contributed by atoms with E-state index in [1.54, 1.807) is 42.2 Å². The van der Waals surface area contributed by atoms with Crippen molar-refractivity contribution in [2.75, 3.05) is 26.8 Å². The Labute approximate surface area is 229 Å². The molecular formula is C25H30N5O9P. The van der Waals surface area contributed by atoms with Crippen molar-refractivity contribution in [3.63, 3.8) is 0 Å². The third-order valence-electron chi connectivity index (χ3n) is 6.99. The minimum atomic E-state index is -4.70. The highest BCUT2D eigenvalue weighted by Crippen LogP contribution is 2.44. The Morgan fingerprint density at radius 2 is 2.00 bits per heavy atom. The number of likely N-dealkylation sites (tertiary alicyclic amines) is 1. The molecule has 3 aromatic rings. The molecule has 214 valence electrons. The fraction of sp³-hybridized carbons (Fsp3) is 0.440. The topological polar surface area (TPSA) is 175 Å². The van der Waals surface area contributed by atoms with Crippen LogP contribution in [0.2, 0.25) is 0 Å². The zero-order valence-electron chi connectivity index (χ0n) is 22.0. The molecule has 0 saturated carbocycles. The van der Waals surface area contributed by atoms with E-state index < -0.39 is 32.1 Å². The molecule has 0 unspecified atom stereocenters. The largest absolute Gasteiger partial charge is 0.485 e. The fourth-order valence-electron chi connectivity index (χ4n) is 5.09. The lowest BCUT2D eigenvalue weighted by atomic mass is 9.81. The van der Waals surface area contributed by atoms with Crippen LogP contribution in [0.15, 0.2) is 36.5 Å². The quantitative estimate of drug-likeness (QED) is 0.353. The van der Waals surface area contributed by atoms with Crippen molar-refractivity contribution < 1.29 is 42.7 Å². The third-order valence-corrected chi connectivity index (χ3v) is 7.45. The maximum Gasteiger partial charge on any atom is 0.471 e. The van der Waals surface area contributed by atoms with Crippen LogP contribution < -0.4 is 14.8 Å². The number of phosphoric acid groups is 1. The summed E-state index contributed by atoms with van der Waals surface area (Å²) in [6.07, 6.45) is 2.68. The van der Waals surface area contributed by atoms with Gasteiger partial charge in [-0.05, 0) is 19.1 Å². The molecule has 15 heteroatoms. The van der Waals surface area contributed by atoms with Gasteiger partial charge >= 0.3 is 13.9 Å². The first-order valence-electron chi connectivity index (χ1n) is 12.7. The number of benzene rings is 1. The molecule has 5 rings (SSSR count). The monoisotopic (exact) mass is 575 g/mol. The van der Waals surface area contributed by atoms with Crippen LogP contribution in [0.4, 0.5) is 4.79 Å². The van der Waals surface area contributed by atoms with Crippen molar-refractivity contribution in [1.29, 1.82) is 0 Å². The van der Waals surface area contributed by atoms with E-state index in [1.165, 1.54) is 18.0 Å². The zero-order chi connectivity index (χ0) is 28.5. The van der Waals surface area contributed by atoms with Crippen LogP contribution in [0.5, 0.6) is 11.6 Å². The van der Waals surface area contributed by atoms with Crippen LogP contribution in [-0.4, -0.2) is 73.9 Å². The standard InChI is InChI=1S/C25H30N5O9P/c1-3-37-24(32)29-11-9-25(10-12-29)13-18(22-19(39-25)7-8-20(27-22)36-2)26-23(31)17-6-4-5-16-14-30(28-21(16)17)15-38-40(33,34)35/h4-8,14,18H,3,9-13,15H2,1-2H3,(H,26,31)(H2,33,34,35)/t18-/m0/s1. The molecule has 1 atom stereocenters. The van der Waals surface area contributed by atoms with Gasteiger partial charge in [0.25, 0.3) is 5.91 Å². The van der Waals surface area contributed by atoms with Crippen molar-refractivity contribution in [2.45, 2.75) is 44.6 Å². The van der Waals surface area contributed by atoms with Gasteiger partial charge in [-0.25, -0.2) is 19.0 Å². The molecule has 2 aliphatic rings. The van der Waals surface area contributed by atoms with E-state index in [-0.39, 0.29) is 11.7 Å². The molecular weight excluding hydrogens is 545 g/mol. The number of hydrogen-bond acceptors (Lipinski definition) is 9. The fourth-order valence-corrected chi connectivity index (χ4v) is 5.36. The van der Waals surface area contributed by atoms with Gasteiger partial charge in [-0.15, -0.1) is 0 Å². The molecule has 1 aromatic carbocycles. The van der Waals surface area contributed by atoms with Crippen molar-refractivity contribution in [3.05, 3.63) is 47.8 Å². The summed E-state index contributed by atoms with van der Waals surface area (Å²) < 4.78 is 33.7. The number of rotatable bonds is 7. The number of pyridine rings is 1. The molecule has 4 heterocycles. The molecule has 0 aliphatic carbocycles. The number of phosphoric ester groups is 1. The number of nitrogens with one attached hydrogen (secondary N) is 1. The lowest BCUT2D eigenvalue weighted by molar-refractivity contribution is -0.0246. The van der Waals surface area contributed by atoms with Gasteiger partial charge in [0, 0.05) is 50.0 Å². The summed E-state index contributed by atoms with van der Waals surface area (Å²) in [5.74, 6) is 0.493. The first-order chi connectivity index (χ1) is 19.1. The highest BCUT2D eigenvalue weighted by molar-refractivity contribution is 7.46. The number of carbonyl (C=O) groups excluding carboxylic acids is 2. The normalized spacial score (nSPS) is 18.2. The van der Waals surface area contributed by atoms with Crippen molar-refractivity contribution >= 4 is 30.7 Å². The Kier molecular flexibility index (Phi) is 7.69. The number of nitrogens with zero attached hydrogens (tertiary/aromatic N) is 4. The SMILES string of the molecule is CCOC(=O)N1CCC2(CC1)C[C@H](NC(=O)c1cccc3cn(COP(=O)(O)O)nc13)c1nc(OC)ccc1O2. The van der Waals surface area contributed by atoms with E-state index >= 15 is 0 Å². The van der Waals surface area contributed by atoms with Crippen molar-refractivity contribution in [1.82, 2.24) is 25.0 Å². The van der Waals surface area contributed by atoms with Gasteiger partial charge in [0.1, 0.15) is 22.6 Å². The number of ether oxygens (including phenoxy) is 3. The molecule has 1 spiro atoms. The summed E-state index contributed by atoms with van der Waals surface area (Å²) >= 11 is 0. The molecule has 14 nitrogen and oxygen atoms in total. The first kappa shape index (κ1) is 27.8. The maximum atomic E-state index is 13.6. The molecule has 2 amide bonds. The van der Waals surface area contributed by atoms with Gasteiger partial charge < -0.3 is 34.2 Å². The van der Waals surface area contributed by atoms with E-state index in [4.69, 9.17) is 24.0 Å². The van der Waals surface area contributed by atoms with Gasteiger partial charge in [0.05, 0.1) is 25.3 Å². The number of fused-ring (bicyclic) bond motifs is 2. The van der Waals surface area contributed by atoms with Crippen molar-refractivity contribution in [2.24, 2.45) is 0 Å². The van der Waals surface area contributed by atoms with E-state index in [2.05, 4.69) is 19.9 Å². The van der Waals surface area contributed by atoms with E-state index in [0.29, 0.717) is 67.2 Å². The van der Waals surface area contributed by atoms with Crippen LogP contribution in [0.25, 0.3) is 10.9 Å². The first-order valence-corrected chi connectivity index (χ1v) is 14.3. The van der Waals surface area contributed by atoms with Crippen LogP contribution in [-0.2, 0) is 20.6 Å². The maximum absolute atomic E-state index is 13.6. The Morgan fingerprint density at radius 3 is 2.70 bits per heavy atom. The number of methoxy groups -OCH3 is 1. The molecule has 1 saturated heterocycles. The Hall–Kier alpha value is -3.71. The van der Waals surface area contributed by atoms with Crippen LogP contribution >= 0.6 is 7.82 Å². The number of aromatic nitrogens is 3. The average molecular weight is 576 g/mol. The summed E-state index contributed by atoms with van der Waals surface area (Å²) in [6.45, 7) is 2.48. The lowest BCUT2D eigenvalue weighted by Crippen LogP contribution is -2.53. The summed E-state index contributed by atoms with van der Waals surface area (Å²) in [6, 6.07) is 7.97. The summed E-state index contributed by atoms with van der Waals surface area (Å²) in [5, 5.41) is 7.98. The van der Waals surface area contributed by atoms with Gasteiger partial charge in [-0.2, -0.15) is 5.10 Å². The van der Waals surface area contributed by atoms with E-state index in [0.717, 1.165) is 0 Å². The van der Waals surface area contributed by atoms with Gasteiger partial charge in [0.15, 0.2) is 6.73 Å². The van der Waals surface area contributed by atoms with Crippen LogP contribution in [0.1, 0.15) is 48.3 Å². The number of hydrogen-bond donors (Lipinski definition) is 3.